The van der Waals surface area contributed by atoms with Crippen molar-refractivity contribution in [3.05, 3.63) is 33.8 Å². The highest BCUT2D eigenvalue weighted by Gasteiger charge is 2.27. The van der Waals surface area contributed by atoms with Gasteiger partial charge in [0.2, 0.25) is 0 Å². The molecule has 21 heavy (non-hydrogen) atoms. The number of benzene rings is 1. The van der Waals surface area contributed by atoms with Crippen LogP contribution in [0.25, 0.3) is 0 Å². The highest BCUT2D eigenvalue weighted by atomic mass is 79.9. The minimum Gasteiger partial charge on any atom is -0.444 e. The average molecular weight is 354 g/mol. The Balaban J connectivity index is 1.95. The van der Waals surface area contributed by atoms with E-state index in [4.69, 9.17) is 4.74 Å². The lowest BCUT2D eigenvalue weighted by Gasteiger charge is -2.34. The van der Waals surface area contributed by atoms with Crippen LogP contribution in [0, 0.1) is 6.92 Å². The van der Waals surface area contributed by atoms with E-state index in [1.165, 1.54) is 11.1 Å². The first-order chi connectivity index (χ1) is 9.76. The van der Waals surface area contributed by atoms with Crippen LogP contribution < -0.4 is 0 Å². The molecular weight excluding hydrogens is 330 g/mol. The fraction of sp³-hybridized carbons (Fsp3) is 0.588. The van der Waals surface area contributed by atoms with E-state index in [0.717, 1.165) is 30.4 Å². The van der Waals surface area contributed by atoms with Crippen LogP contribution in [-0.2, 0) is 4.74 Å². The molecular formula is C17H24BrNO2. The number of hydrogen-bond donors (Lipinski definition) is 0. The van der Waals surface area contributed by atoms with Crippen molar-refractivity contribution in [2.24, 2.45) is 0 Å². The van der Waals surface area contributed by atoms with E-state index in [-0.39, 0.29) is 6.09 Å². The van der Waals surface area contributed by atoms with Gasteiger partial charge in [-0.2, -0.15) is 0 Å². The summed E-state index contributed by atoms with van der Waals surface area (Å²) in [6, 6.07) is 6.46. The number of aryl methyl sites for hydroxylation is 1. The van der Waals surface area contributed by atoms with E-state index in [0.29, 0.717) is 5.92 Å². The number of amides is 1. The Morgan fingerprint density at radius 2 is 1.90 bits per heavy atom. The minimum atomic E-state index is -0.420. The lowest BCUT2D eigenvalue weighted by atomic mass is 9.87. The quantitative estimate of drug-likeness (QED) is 0.720. The maximum atomic E-state index is 12.1. The first-order valence-corrected chi connectivity index (χ1v) is 8.29. The van der Waals surface area contributed by atoms with Crippen LogP contribution in [0.4, 0.5) is 4.79 Å². The molecule has 116 valence electrons. The van der Waals surface area contributed by atoms with Gasteiger partial charge in [0, 0.05) is 17.6 Å². The van der Waals surface area contributed by atoms with Crippen LogP contribution in [0.15, 0.2) is 22.7 Å². The van der Waals surface area contributed by atoms with E-state index in [1.54, 1.807) is 0 Å². The molecule has 0 aromatic heterocycles. The zero-order valence-corrected chi connectivity index (χ0v) is 14.9. The third-order valence-corrected chi connectivity index (χ3v) is 4.31. The SMILES string of the molecule is Cc1cc(Br)ccc1C1CCN(C(=O)OC(C)(C)C)CC1. The van der Waals surface area contributed by atoms with Crippen molar-refractivity contribution in [3.8, 4) is 0 Å². The molecule has 1 aromatic rings. The Kier molecular flexibility index (Phi) is 4.97. The summed E-state index contributed by atoms with van der Waals surface area (Å²) in [7, 11) is 0. The van der Waals surface area contributed by atoms with Crippen molar-refractivity contribution in [1.29, 1.82) is 0 Å². The zero-order chi connectivity index (χ0) is 15.6. The molecule has 0 saturated carbocycles. The van der Waals surface area contributed by atoms with E-state index in [9.17, 15) is 4.79 Å². The molecule has 1 aromatic carbocycles. The molecule has 0 bridgehead atoms. The van der Waals surface area contributed by atoms with E-state index in [1.807, 2.05) is 25.7 Å². The van der Waals surface area contributed by atoms with Gasteiger partial charge in [0.1, 0.15) is 5.60 Å². The number of hydrogen-bond acceptors (Lipinski definition) is 2. The molecule has 1 fully saturated rings. The molecule has 4 heteroatoms. The number of ether oxygens (including phenoxy) is 1. The third kappa shape index (κ3) is 4.47. The average Bonchev–Trinajstić information content (AvgIpc) is 2.37. The molecule has 1 heterocycles. The van der Waals surface area contributed by atoms with Crippen LogP contribution in [0.1, 0.15) is 50.7 Å². The van der Waals surface area contributed by atoms with Gasteiger partial charge in [0.15, 0.2) is 0 Å². The summed E-state index contributed by atoms with van der Waals surface area (Å²) in [6.07, 6.45) is 1.82. The molecule has 0 unspecified atom stereocenters. The second kappa shape index (κ2) is 6.39. The van der Waals surface area contributed by atoms with Crippen LogP contribution in [-0.4, -0.2) is 29.7 Å². The summed E-state index contributed by atoms with van der Waals surface area (Å²) < 4.78 is 6.56. The van der Waals surface area contributed by atoms with Crippen LogP contribution in [0.2, 0.25) is 0 Å². The normalized spacial score (nSPS) is 16.9. The number of halogens is 1. The van der Waals surface area contributed by atoms with Crippen molar-refractivity contribution in [1.82, 2.24) is 4.90 Å². The molecule has 1 aliphatic heterocycles. The predicted molar refractivity (Wildman–Crippen MR) is 88.7 cm³/mol. The maximum Gasteiger partial charge on any atom is 0.410 e. The van der Waals surface area contributed by atoms with Crippen molar-refractivity contribution in [2.75, 3.05) is 13.1 Å². The van der Waals surface area contributed by atoms with E-state index in [2.05, 4.69) is 41.1 Å². The summed E-state index contributed by atoms with van der Waals surface area (Å²) in [6.45, 7) is 9.42. The van der Waals surface area contributed by atoms with Crippen LogP contribution >= 0.6 is 15.9 Å². The fourth-order valence-electron chi connectivity index (χ4n) is 2.80. The summed E-state index contributed by atoms with van der Waals surface area (Å²) in [5.41, 5.74) is 2.30. The number of piperidine rings is 1. The third-order valence-electron chi connectivity index (χ3n) is 3.82. The summed E-state index contributed by atoms with van der Waals surface area (Å²) in [5, 5.41) is 0. The minimum absolute atomic E-state index is 0.187. The van der Waals surface area contributed by atoms with Gasteiger partial charge in [-0.25, -0.2) is 4.79 Å². The molecule has 3 nitrogen and oxygen atoms in total. The maximum absolute atomic E-state index is 12.1. The molecule has 0 radical (unpaired) electrons. The first kappa shape index (κ1) is 16.3. The van der Waals surface area contributed by atoms with Gasteiger partial charge in [-0.1, -0.05) is 22.0 Å². The molecule has 0 atom stereocenters. The Hall–Kier alpha value is -1.03. The van der Waals surface area contributed by atoms with Crippen LogP contribution in [0.3, 0.4) is 0 Å². The van der Waals surface area contributed by atoms with E-state index < -0.39 is 5.60 Å². The van der Waals surface area contributed by atoms with Crippen molar-refractivity contribution in [2.45, 2.75) is 52.1 Å². The van der Waals surface area contributed by atoms with E-state index >= 15 is 0 Å². The topological polar surface area (TPSA) is 29.5 Å². The number of carbonyl (C=O) groups is 1. The fourth-order valence-corrected chi connectivity index (χ4v) is 3.27. The highest BCUT2D eigenvalue weighted by Crippen LogP contribution is 2.31. The molecule has 2 rings (SSSR count). The van der Waals surface area contributed by atoms with Gasteiger partial charge in [0.05, 0.1) is 0 Å². The molecule has 0 spiro atoms. The Bertz CT molecular complexity index is 514. The van der Waals surface area contributed by atoms with Gasteiger partial charge in [-0.3, -0.25) is 0 Å². The summed E-state index contributed by atoms with van der Waals surface area (Å²) in [5.74, 6) is 0.539. The Morgan fingerprint density at radius 3 is 2.43 bits per heavy atom. The number of carbonyl (C=O) groups excluding carboxylic acids is 1. The monoisotopic (exact) mass is 353 g/mol. The number of likely N-dealkylation sites (tertiary alicyclic amines) is 1. The van der Waals surface area contributed by atoms with Gasteiger partial charge in [0.25, 0.3) is 0 Å². The predicted octanol–water partition coefficient (Wildman–Crippen LogP) is 4.87. The van der Waals surface area contributed by atoms with Gasteiger partial charge < -0.3 is 9.64 Å². The molecule has 1 saturated heterocycles. The van der Waals surface area contributed by atoms with Gasteiger partial charge in [-0.15, -0.1) is 0 Å². The lowest BCUT2D eigenvalue weighted by molar-refractivity contribution is 0.0205. The molecule has 1 amide bonds. The van der Waals surface area contributed by atoms with Crippen molar-refractivity contribution >= 4 is 22.0 Å². The number of nitrogens with zero attached hydrogens (tertiary/aromatic N) is 1. The molecule has 0 aliphatic carbocycles. The lowest BCUT2D eigenvalue weighted by Crippen LogP contribution is -2.41. The largest absolute Gasteiger partial charge is 0.444 e. The molecule has 1 aliphatic rings. The summed E-state index contributed by atoms with van der Waals surface area (Å²) >= 11 is 3.51. The zero-order valence-electron chi connectivity index (χ0n) is 13.3. The van der Waals surface area contributed by atoms with Crippen molar-refractivity contribution < 1.29 is 9.53 Å². The Morgan fingerprint density at radius 1 is 1.29 bits per heavy atom. The highest BCUT2D eigenvalue weighted by molar-refractivity contribution is 9.10. The van der Waals surface area contributed by atoms with Gasteiger partial charge in [-0.05, 0) is 69.7 Å². The second-order valence-corrected chi connectivity index (χ2v) is 7.66. The van der Waals surface area contributed by atoms with Crippen LogP contribution in [0.5, 0.6) is 0 Å². The number of rotatable bonds is 1. The second-order valence-electron chi connectivity index (χ2n) is 6.74. The summed E-state index contributed by atoms with van der Waals surface area (Å²) in [4.78, 5) is 13.9. The standard InChI is InChI=1S/C17H24BrNO2/c1-12-11-14(18)5-6-15(12)13-7-9-19(10-8-13)16(20)21-17(2,3)4/h5-6,11,13H,7-10H2,1-4H3. The molecule has 0 N–H and O–H groups in total. The van der Waals surface area contributed by atoms with Gasteiger partial charge >= 0.3 is 6.09 Å². The van der Waals surface area contributed by atoms with Crippen molar-refractivity contribution in [3.63, 3.8) is 0 Å². The Labute approximate surface area is 135 Å². The smallest absolute Gasteiger partial charge is 0.410 e. The first-order valence-electron chi connectivity index (χ1n) is 7.50.